The van der Waals surface area contributed by atoms with Crippen molar-refractivity contribution in [2.45, 2.75) is 43.6 Å². The first-order valence-electron chi connectivity index (χ1n) is 6.36. The summed E-state index contributed by atoms with van der Waals surface area (Å²) in [5, 5.41) is 0.409. The molecule has 1 nitrogen and oxygen atoms in total. The number of hydrogen-bond acceptors (Lipinski definition) is 1. The molecule has 2 unspecified atom stereocenters. The molecule has 1 fully saturated rings. The van der Waals surface area contributed by atoms with Gasteiger partial charge < -0.3 is 0 Å². The number of nitrogens with zero attached hydrogens (tertiary/aromatic N) is 1. The van der Waals surface area contributed by atoms with Crippen LogP contribution in [0, 0.1) is 5.82 Å². The number of alkyl halides is 1. The predicted molar refractivity (Wildman–Crippen MR) is 74.8 cm³/mol. The third kappa shape index (κ3) is 3.37. The van der Waals surface area contributed by atoms with Crippen LogP contribution >= 0.6 is 23.2 Å². The largest absolute Gasteiger partial charge is 0.298 e. The molecule has 1 aromatic rings. The van der Waals surface area contributed by atoms with Crippen molar-refractivity contribution in [3.05, 3.63) is 34.6 Å². The molecule has 0 saturated heterocycles. The van der Waals surface area contributed by atoms with Crippen LogP contribution in [-0.4, -0.2) is 23.4 Å². The van der Waals surface area contributed by atoms with Crippen LogP contribution in [0.4, 0.5) is 4.39 Å². The van der Waals surface area contributed by atoms with E-state index in [4.69, 9.17) is 23.2 Å². The van der Waals surface area contributed by atoms with Gasteiger partial charge in [-0.05, 0) is 37.6 Å². The Morgan fingerprint density at radius 3 is 2.72 bits per heavy atom. The van der Waals surface area contributed by atoms with E-state index in [2.05, 4.69) is 11.9 Å². The molecule has 0 aromatic heterocycles. The molecule has 4 heteroatoms. The molecule has 0 heterocycles. The Kier molecular flexibility index (Phi) is 4.88. The zero-order valence-corrected chi connectivity index (χ0v) is 12.0. The van der Waals surface area contributed by atoms with Gasteiger partial charge in [0.15, 0.2) is 0 Å². The molecule has 1 saturated carbocycles. The molecule has 1 aliphatic rings. The molecule has 0 spiro atoms. The zero-order valence-electron chi connectivity index (χ0n) is 10.5. The summed E-state index contributed by atoms with van der Waals surface area (Å²) in [6.45, 7) is 0.758. The van der Waals surface area contributed by atoms with Crippen LogP contribution in [0.5, 0.6) is 0 Å². The van der Waals surface area contributed by atoms with Gasteiger partial charge in [-0.15, -0.1) is 11.6 Å². The number of rotatable bonds is 3. The monoisotopic (exact) mass is 289 g/mol. The summed E-state index contributed by atoms with van der Waals surface area (Å²) in [6, 6.07) is 5.30. The Morgan fingerprint density at radius 2 is 2.06 bits per heavy atom. The van der Waals surface area contributed by atoms with E-state index < -0.39 is 0 Å². The van der Waals surface area contributed by atoms with Gasteiger partial charge in [-0.3, -0.25) is 4.90 Å². The first-order valence-corrected chi connectivity index (χ1v) is 7.17. The van der Waals surface area contributed by atoms with E-state index in [1.807, 2.05) is 0 Å². The summed E-state index contributed by atoms with van der Waals surface area (Å²) in [7, 11) is 2.07. The molecule has 2 atom stereocenters. The van der Waals surface area contributed by atoms with Gasteiger partial charge in [0, 0.05) is 18.0 Å². The molecule has 0 radical (unpaired) electrons. The fourth-order valence-corrected chi connectivity index (χ4v) is 3.28. The second-order valence-corrected chi connectivity index (χ2v) is 6.00. The maximum atomic E-state index is 13.1. The first kappa shape index (κ1) is 14.1. The van der Waals surface area contributed by atoms with Gasteiger partial charge in [0.2, 0.25) is 0 Å². The van der Waals surface area contributed by atoms with Gasteiger partial charge in [0.25, 0.3) is 0 Å². The molecule has 1 aromatic carbocycles. The summed E-state index contributed by atoms with van der Waals surface area (Å²) >= 11 is 12.2. The average Bonchev–Trinajstić information content (AvgIpc) is 2.34. The van der Waals surface area contributed by atoms with E-state index in [0.717, 1.165) is 24.9 Å². The lowest BCUT2D eigenvalue weighted by atomic mass is 9.93. The van der Waals surface area contributed by atoms with Crippen LogP contribution in [0.1, 0.15) is 31.2 Å². The predicted octanol–water partition coefficient (Wildman–Crippen LogP) is 4.46. The molecular weight excluding hydrogens is 272 g/mol. The Hall–Kier alpha value is -0.310. The van der Waals surface area contributed by atoms with Crippen LogP contribution in [0.25, 0.3) is 0 Å². The SMILES string of the molecule is CN(Cc1ccc(F)c(Cl)c1)C1CCCCC1Cl. The third-order valence-corrected chi connectivity index (χ3v) is 4.43. The van der Waals surface area contributed by atoms with Crippen molar-refractivity contribution in [2.75, 3.05) is 7.05 Å². The normalized spacial score (nSPS) is 24.5. The standard InChI is InChI=1S/C14H18Cl2FN/c1-18(14-5-3-2-4-11(14)15)9-10-6-7-13(17)12(16)8-10/h6-8,11,14H,2-5,9H2,1H3. The van der Waals surface area contributed by atoms with Crippen molar-refractivity contribution >= 4 is 23.2 Å². The topological polar surface area (TPSA) is 3.24 Å². The van der Waals surface area contributed by atoms with Gasteiger partial charge in [0.1, 0.15) is 5.82 Å². The smallest absolute Gasteiger partial charge is 0.141 e. The van der Waals surface area contributed by atoms with Crippen LogP contribution < -0.4 is 0 Å². The first-order chi connectivity index (χ1) is 8.58. The van der Waals surface area contributed by atoms with Crippen LogP contribution in [0.2, 0.25) is 5.02 Å². The summed E-state index contributed by atoms with van der Waals surface area (Å²) < 4.78 is 13.1. The second-order valence-electron chi connectivity index (χ2n) is 5.03. The highest BCUT2D eigenvalue weighted by Gasteiger charge is 2.26. The number of hydrogen-bond donors (Lipinski definition) is 0. The van der Waals surface area contributed by atoms with Gasteiger partial charge in [-0.25, -0.2) is 4.39 Å². The van der Waals surface area contributed by atoms with Gasteiger partial charge >= 0.3 is 0 Å². The second kappa shape index (κ2) is 6.23. The molecule has 18 heavy (non-hydrogen) atoms. The lowest BCUT2D eigenvalue weighted by Crippen LogP contribution is -2.40. The van der Waals surface area contributed by atoms with E-state index in [1.54, 1.807) is 12.1 Å². The Balaban J connectivity index is 2.01. The highest BCUT2D eigenvalue weighted by Crippen LogP contribution is 2.27. The summed E-state index contributed by atoms with van der Waals surface area (Å²) in [4.78, 5) is 2.25. The van der Waals surface area contributed by atoms with Crippen LogP contribution in [0.3, 0.4) is 0 Å². The van der Waals surface area contributed by atoms with Crippen molar-refractivity contribution in [2.24, 2.45) is 0 Å². The van der Waals surface area contributed by atoms with Crippen molar-refractivity contribution in [1.82, 2.24) is 4.90 Å². The van der Waals surface area contributed by atoms with E-state index in [-0.39, 0.29) is 16.2 Å². The summed E-state index contributed by atoms with van der Waals surface area (Å²) in [5.74, 6) is -0.365. The van der Waals surface area contributed by atoms with Crippen molar-refractivity contribution in [1.29, 1.82) is 0 Å². The minimum Gasteiger partial charge on any atom is -0.298 e. The highest BCUT2D eigenvalue weighted by atomic mass is 35.5. The number of halogens is 3. The van der Waals surface area contributed by atoms with Crippen LogP contribution in [0.15, 0.2) is 18.2 Å². The van der Waals surface area contributed by atoms with Gasteiger partial charge in [-0.2, -0.15) is 0 Å². The highest BCUT2D eigenvalue weighted by molar-refractivity contribution is 6.30. The molecule has 100 valence electrons. The Morgan fingerprint density at radius 1 is 1.33 bits per heavy atom. The lowest BCUT2D eigenvalue weighted by molar-refractivity contribution is 0.188. The average molecular weight is 290 g/mol. The van der Waals surface area contributed by atoms with E-state index in [9.17, 15) is 4.39 Å². The molecule has 2 rings (SSSR count). The van der Waals surface area contributed by atoms with Crippen molar-refractivity contribution < 1.29 is 4.39 Å². The fraction of sp³-hybridized carbons (Fsp3) is 0.571. The van der Waals surface area contributed by atoms with E-state index in [0.29, 0.717) is 6.04 Å². The quantitative estimate of drug-likeness (QED) is 0.743. The third-order valence-electron chi connectivity index (χ3n) is 3.63. The van der Waals surface area contributed by atoms with E-state index >= 15 is 0 Å². The van der Waals surface area contributed by atoms with Gasteiger partial charge in [0.05, 0.1) is 5.02 Å². The van der Waals surface area contributed by atoms with Crippen molar-refractivity contribution in [3.63, 3.8) is 0 Å². The maximum Gasteiger partial charge on any atom is 0.141 e. The lowest BCUT2D eigenvalue weighted by Gasteiger charge is -2.35. The van der Waals surface area contributed by atoms with Crippen LogP contribution in [-0.2, 0) is 6.54 Å². The summed E-state index contributed by atoms with van der Waals surface area (Å²) in [5.41, 5.74) is 1.03. The zero-order chi connectivity index (χ0) is 13.1. The molecule has 0 aliphatic heterocycles. The minimum absolute atomic E-state index is 0.187. The molecular formula is C14H18Cl2FN. The minimum atomic E-state index is -0.365. The molecule has 0 N–H and O–H groups in total. The molecule has 0 amide bonds. The fourth-order valence-electron chi connectivity index (χ4n) is 2.61. The Bertz CT molecular complexity index is 411. The summed E-state index contributed by atoms with van der Waals surface area (Å²) in [6.07, 6.45) is 4.68. The maximum absolute atomic E-state index is 13.1. The van der Waals surface area contributed by atoms with E-state index in [1.165, 1.54) is 18.9 Å². The Labute approximate surface area is 118 Å². The van der Waals surface area contributed by atoms with Gasteiger partial charge in [-0.1, -0.05) is 30.5 Å². The molecule has 1 aliphatic carbocycles. The number of benzene rings is 1. The van der Waals surface area contributed by atoms with Crippen molar-refractivity contribution in [3.8, 4) is 0 Å². The molecule has 0 bridgehead atoms.